The maximum atomic E-state index is 13.9. The van der Waals surface area contributed by atoms with Crippen LogP contribution in [0.4, 0.5) is 8.78 Å². The number of rotatable bonds is 10. The first-order valence-electron chi connectivity index (χ1n) is 11.4. The van der Waals surface area contributed by atoms with E-state index in [2.05, 4.69) is 5.32 Å². The summed E-state index contributed by atoms with van der Waals surface area (Å²) in [6.45, 7) is 8.79. The van der Waals surface area contributed by atoms with E-state index in [1.165, 1.54) is 18.6 Å². The average Bonchev–Trinajstić information content (AvgIpc) is 3.58. The van der Waals surface area contributed by atoms with E-state index in [0.29, 0.717) is 17.1 Å². The van der Waals surface area contributed by atoms with E-state index in [-0.39, 0.29) is 33.4 Å². The lowest BCUT2D eigenvalue weighted by Gasteiger charge is -2.14. The van der Waals surface area contributed by atoms with Gasteiger partial charge in [-0.1, -0.05) is 52.0 Å². The summed E-state index contributed by atoms with van der Waals surface area (Å²) in [6, 6.07) is 9.56. The Labute approximate surface area is 208 Å². The molecule has 2 unspecified atom stereocenters. The van der Waals surface area contributed by atoms with E-state index in [0.717, 1.165) is 19.8 Å². The number of halogens is 2. The van der Waals surface area contributed by atoms with Crippen LogP contribution in [0.1, 0.15) is 62.0 Å². The molecule has 1 saturated carbocycles. The van der Waals surface area contributed by atoms with Crippen molar-refractivity contribution in [3.63, 3.8) is 0 Å². The van der Waals surface area contributed by atoms with Gasteiger partial charge in [-0.25, -0.2) is 8.78 Å². The summed E-state index contributed by atoms with van der Waals surface area (Å²) in [6.07, 6.45) is 3.55. The number of methoxy groups -OCH3 is 1. The van der Waals surface area contributed by atoms with Crippen LogP contribution in [0.25, 0.3) is 0 Å². The van der Waals surface area contributed by atoms with Crippen molar-refractivity contribution in [1.82, 2.24) is 5.32 Å². The van der Waals surface area contributed by atoms with Crippen LogP contribution in [0.15, 0.2) is 47.9 Å². The lowest BCUT2D eigenvalue weighted by molar-refractivity contribution is 0.0214. The van der Waals surface area contributed by atoms with E-state index < -0.39 is 22.6 Å². The maximum Gasteiger partial charge on any atom is 0.279 e. The number of para-hydroxylation sites is 1. The van der Waals surface area contributed by atoms with Crippen molar-refractivity contribution >= 4 is 28.0 Å². The summed E-state index contributed by atoms with van der Waals surface area (Å²) < 4.78 is 50.2. The normalized spacial score (nSPS) is 14.8. The molecule has 5 nitrogen and oxygen atoms in total. The molecule has 190 valence electrons. The van der Waals surface area contributed by atoms with Crippen LogP contribution >= 0.6 is 11.3 Å². The number of benzene rings is 1. The molecule has 0 radical (unpaired) electrons. The van der Waals surface area contributed by atoms with Gasteiger partial charge in [0.2, 0.25) is 0 Å². The molecule has 2 aromatic rings. The van der Waals surface area contributed by atoms with Crippen molar-refractivity contribution in [2.45, 2.75) is 59.4 Å². The number of alkyl halides is 2. The maximum absolute atomic E-state index is 13.9. The highest BCUT2D eigenvalue weighted by Crippen LogP contribution is 2.41. The molecule has 1 aliphatic carbocycles. The zero-order valence-corrected chi connectivity index (χ0v) is 22.2. The van der Waals surface area contributed by atoms with Gasteiger partial charge in [0.15, 0.2) is 5.75 Å². The topological polar surface area (TPSA) is 64.6 Å². The summed E-state index contributed by atoms with van der Waals surface area (Å²) in [5.41, 5.74) is 0. The SMILES string of the molecule is CC.CC.COCS(=O)/C=C/C(NC(=O)c1sc(C(C)(F)F)cc1Oc1ccccc1)C1CC1. The molecule has 1 aromatic carbocycles. The quantitative estimate of drug-likeness (QED) is 0.367. The summed E-state index contributed by atoms with van der Waals surface area (Å²) in [5, 5.41) is 4.36. The molecular weight excluding hydrogens is 480 g/mol. The monoisotopic (exact) mass is 515 g/mol. The Hall–Kier alpha value is -2.10. The van der Waals surface area contributed by atoms with Crippen LogP contribution in [0.2, 0.25) is 0 Å². The summed E-state index contributed by atoms with van der Waals surface area (Å²) in [7, 11) is 0.154. The predicted molar refractivity (Wildman–Crippen MR) is 136 cm³/mol. The Bertz CT molecular complexity index is 923. The second kappa shape index (κ2) is 15.0. The molecule has 1 N–H and O–H groups in total. The average molecular weight is 516 g/mol. The Kier molecular flexibility index (Phi) is 13.2. The largest absolute Gasteiger partial charge is 0.456 e. The molecule has 9 heteroatoms. The summed E-state index contributed by atoms with van der Waals surface area (Å²) in [4.78, 5) is 12.8. The van der Waals surface area contributed by atoms with Crippen LogP contribution in [-0.4, -0.2) is 29.2 Å². The van der Waals surface area contributed by atoms with E-state index in [9.17, 15) is 17.8 Å². The molecule has 0 spiro atoms. The highest BCUT2D eigenvalue weighted by atomic mass is 32.2. The van der Waals surface area contributed by atoms with E-state index in [1.54, 1.807) is 36.4 Å². The lowest BCUT2D eigenvalue weighted by Crippen LogP contribution is -2.34. The third-order valence-electron chi connectivity index (χ3n) is 4.41. The van der Waals surface area contributed by atoms with Crippen molar-refractivity contribution in [2.75, 3.05) is 13.0 Å². The first-order chi connectivity index (χ1) is 16.3. The van der Waals surface area contributed by atoms with Gasteiger partial charge in [0, 0.05) is 25.5 Å². The van der Waals surface area contributed by atoms with Gasteiger partial charge < -0.3 is 14.8 Å². The predicted octanol–water partition coefficient (Wildman–Crippen LogP) is 7.08. The number of thiophene rings is 1. The van der Waals surface area contributed by atoms with Crippen LogP contribution < -0.4 is 10.1 Å². The number of carbonyl (C=O) groups excluding carboxylic acids is 1. The third-order valence-corrected chi connectivity index (χ3v) is 6.62. The molecule has 1 aromatic heterocycles. The highest BCUT2D eigenvalue weighted by Gasteiger charge is 2.34. The Morgan fingerprint density at radius 1 is 1.24 bits per heavy atom. The number of nitrogens with one attached hydrogen (secondary N) is 1. The first-order valence-corrected chi connectivity index (χ1v) is 13.6. The number of amides is 1. The molecule has 0 bridgehead atoms. The number of carbonyl (C=O) groups is 1. The van der Waals surface area contributed by atoms with Crippen LogP contribution in [0.5, 0.6) is 11.5 Å². The van der Waals surface area contributed by atoms with E-state index >= 15 is 0 Å². The number of hydrogen-bond acceptors (Lipinski definition) is 5. The zero-order valence-electron chi connectivity index (χ0n) is 20.6. The third kappa shape index (κ3) is 9.64. The molecule has 2 atom stereocenters. The van der Waals surface area contributed by atoms with Crippen molar-refractivity contribution in [3.05, 3.63) is 57.6 Å². The van der Waals surface area contributed by atoms with Gasteiger partial charge in [0.1, 0.15) is 16.6 Å². The summed E-state index contributed by atoms with van der Waals surface area (Å²) >= 11 is 0.709. The van der Waals surface area contributed by atoms with Crippen molar-refractivity contribution in [1.29, 1.82) is 0 Å². The van der Waals surface area contributed by atoms with E-state index in [1.807, 2.05) is 27.7 Å². The van der Waals surface area contributed by atoms with Crippen LogP contribution in [-0.2, 0) is 21.5 Å². The molecule has 1 fully saturated rings. The van der Waals surface area contributed by atoms with Gasteiger partial charge in [-0.15, -0.1) is 11.3 Å². The van der Waals surface area contributed by atoms with Crippen LogP contribution in [0.3, 0.4) is 0 Å². The minimum atomic E-state index is -3.09. The Morgan fingerprint density at radius 2 is 1.85 bits per heavy atom. The van der Waals surface area contributed by atoms with Crippen LogP contribution in [0, 0.1) is 5.92 Å². The molecule has 1 heterocycles. The molecule has 34 heavy (non-hydrogen) atoms. The molecule has 1 amide bonds. The second-order valence-corrected chi connectivity index (χ2v) is 9.38. The van der Waals surface area contributed by atoms with Gasteiger partial charge in [-0.2, -0.15) is 0 Å². The standard InChI is InChI=1S/C21H23F2NO4S2.2C2H6/c1-21(22,23)18-12-17(28-15-6-4-3-5-7-15)19(29-18)20(25)24-16(14-8-9-14)10-11-30(26)13-27-2;2*1-2/h3-7,10-12,14,16H,8-9,13H2,1-2H3,(H,24,25);2*1-2H3/b11-10+;;. The fourth-order valence-corrected chi connectivity index (χ4v) is 4.34. The zero-order chi connectivity index (χ0) is 25.7. The molecule has 3 rings (SSSR count). The van der Waals surface area contributed by atoms with Gasteiger partial charge in [0.05, 0.1) is 21.7 Å². The van der Waals surface area contributed by atoms with Crippen molar-refractivity contribution < 1.29 is 27.3 Å². The Balaban J connectivity index is 0.00000137. The van der Waals surface area contributed by atoms with Gasteiger partial charge >= 0.3 is 0 Å². The lowest BCUT2D eigenvalue weighted by atomic mass is 10.2. The van der Waals surface area contributed by atoms with Gasteiger partial charge in [-0.05, 0) is 30.9 Å². The van der Waals surface area contributed by atoms with Gasteiger partial charge in [0.25, 0.3) is 11.8 Å². The van der Waals surface area contributed by atoms with Crippen molar-refractivity contribution in [2.24, 2.45) is 5.92 Å². The number of ether oxygens (including phenoxy) is 2. The first kappa shape index (κ1) is 29.9. The minimum absolute atomic E-state index is 0.0662. The molecule has 0 saturated heterocycles. The Morgan fingerprint density at radius 3 is 2.38 bits per heavy atom. The fourth-order valence-electron chi connectivity index (χ4n) is 2.76. The number of hydrogen-bond donors (Lipinski definition) is 1. The molecular formula is C25H35F2NO4S2. The minimum Gasteiger partial charge on any atom is -0.456 e. The molecule has 0 aliphatic heterocycles. The molecule has 1 aliphatic rings. The fraction of sp³-hybridized carbons (Fsp3) is 0.480. The van der Waals surface area contributed by atoms with E-state index in [4.69, 9.17) is 9.47 Å². The second-order valence-electron chi connectivity index (χ2n) is 7.06. The van der Waals surface area contributed by atoms with Gasteiger partial charge in [-0.3, -0.25) is 9.00 Å². The highest BCUT2D eigenvalue weighted by molar-refractivity contribution is 7.87. The van der Waals surface area contributed by atoms with Crippen molar-refractivity contribution in [3.8, 4) is 11.5 Å². The smallest absolute Gasteiger partial charge is 0.279 e. The summed E-state index contributed by atoms with van der Waals surface area (Å²) in [5.74, 6) is -2.76.